The summed E-state index contributed by atoms with van der Waals surface area (Å²) < 4.78 is 17.9. The second-order valence-electron chi connectivity index (χ2n) is 14.5. The smallest absolute Gasteiger partial charge is 0.306 e. The maximum absolute atomic E-state index is 13.9. The number of carbonyl (C=O) groups is 4. The van der Waals surface area contributed by atoms with E-state index in [1.165, 1.54) is 10.9 Å². The van der Waals surface area contributed by atoms with Gasteiger partial charge in [-0.2, -0.15) is 4.98 Å². The Hall–Kier alpha value is -3.92. The van der Waals surface area contributed by atoms with E-state index >= 15 is 0 Å². The average Bonchev–Trinajstić information content (AvgIpc) is 3.60. The Labute approximate surface area is 305 Å². The van der Waals surface area contributed by atoms with Crippen molar-refractivity contribution in [1.29, 1.82) is 0 Å². The Balaban J connectivity index is 0.000000272. The van der Waals surface area contributed by atoms with Gasteiger partial charge < -0.3 is 30.2 Å². The van der Waals surface area contributed by atoms with Gasteiger partial charge in [0.2, 0.25) is 11.7 Å². The largest absolute Gasteiger partial charge is 0.457 e. The lowest BCUT2D eigenvalue weighted by molar-refractivity contribution is -0.205. The number of ketones is 2. The zero-order chi connectivity index (χ0) is 38.2. The number of allylic oxidation sites excluding steroid dienone is 4. The van der Waals surface area contributed by atoms with Crippen LogP contribution in [0, 0.1) is 34.5 Å². The number of nitrogens with zero attached hydrogens (tertiary/aromatic N) is 3. The summed E-state index contributed by atoms with van der Waals surface area (Å²) in [5, 5.41) is 19.9. The number of Topliss-reactive ketones (excluding diaryl/α,β-unsaturated/α-hetero) is 1. The number of ether oxygens (including phenoxy) is 3. The Morgan fingerprint density at radius 3 is 2.56 bits per heavy atom. The molecule has 3 fully saturated rings. The molecule has 9 atom stereocenters. The summed E-state index contributed by atoms with van der Waals surface area (Å²) in [5.74, 6) is -2.42. The van der Waals surface area contributed by atoms with Gasteiger partial charge in [-0.05, 0) is 43.3 Å². The number of aliphatic hydroxyl groups is 2. The van der Waals surface area contributed by atoms with Gasteiger partial charge in [0.15, 0.2) is 29.2 Å². The molecule has 6 rings (SSSR count). The number of aliphatic hydroxyl groups excluding tert-OH is 2. The molecule has 2 aromatic rings. The molecule has 284 valence electrons. The van der Waals surface area contributed by atoms with E-state index in [0.717, 1.165) is 5.57 Å². The third-order valence-electron chi connectivity index (χ3n) is 11.6. The molecule has 0 unspecified atom stereocenters. The van der Waals surface area contributed by atoms with Gasteiger partial charge in [0, 0.05) is 40.9 Å². The number of aromatic nitrogens is 4. The predicted octanol–water partition coefficient (Wildman–Crippen LogP) is 2.61. The number of rotatable bonds is 10. The third kappa shape index (κ3) is 6.72. The third-order valence-corrected chi connectivity index (χ3v) is 12.1. The van der Waals surface area contributed by atoms with Crippen LogP contribution in [0.15, 0.2) is 34.9 Å². The molecule has 5 N–H and O–H groups in total. The van der Waals surface area contributed by atoms with Crippen molar-refractivity contribution in [3.8, 4) is 0 Å². The van der Waals surface area contributed by atoms with Crippen LogP contribution in [0.5, 0.6) is 0 Å². The predicted molar refractivity (Wildman–Crippen MR) is 189 cm³/mol. The van der Waals surface area contributed by atoms with Crippen LogP contribution in [-0.2, 0) is 40.1 Å². The molecule has 15 nitrogen and oxygen atoms in total. The summed E-state index contributed by atoms with van der Waals surface area (Å²) >= 11 is 7.04. The summed E-state index contributed by atoms with van der Waals surface area (Å²) in [6.07, 6.45) is 7.22. The second kappa shape index (κ2) is 15.2. The van der Waals surface area contributed by atoms with Gasteiger partial charge in [0.05, 0.1) is 25.6 Å². The lowest BCUT2D eigenvalue weighted by Crippen LogP contribution is -2.65. The van der Waals surface area contributed by atoms with Gasteiger partial charge in [-0.15, -0.1) is 11.6 Å². The van der Waals surface area contributed by atoms with Gasteiger partial charge in [-0.1, -0.05) is 46.3 Å². The van der Waals surface area contributed by atoms with Crippen molar-refractivity contribution in [1.82, 2.24) is 19.5 Å². The van der Waals surface area contributed by atoms with E-state index in [1.54, 1.807) is 26.0 Å². The minimum atomic E-state index is -1.54. The van der Waals surface area contributed by atoms with Crippen LogP contribution in [0.1, 0.15) is 66.7 Å². The van der Waals surface area contributed by atoms with Gasteiger partial charge in [-0.3, -0.25) is 33.5 Å². The van der Waals surface area contributed by atoms with Gasteiger partial charge in [-0.25, -0.2) is 4.98 Å². The molecule has 0 spiro atoms. The van der Waals surface area contributed by atoms with E-state index in [9.17, 15) is 29.1 Å². The molecular weight excluding hydrogens is 698 g/mol. The maximum Gasteiger partial charge on any atom is 0.306 e. The SMILES string of the molecule is CCC(=O)OCC(=O)[C@@]1(OC(=O)CC)[C@H](C)C[C@H]2[C@H]3[C@H]([C@@H](O)C[C@@]21C)[C@@]1(C)C=CC(=O)C=C1C[C@H]3Cl.Nc1nc2c(ncn2COCCO)c(=O)[nH]1. The summed E-state index contributed by atoms with van der Waals surface area (Å²) in [4.78, 5) is 72.2. The van der Waals surface area contributed by atoms with Crippen molar-refractivity contribution in [2.75, 3.05) is 25.6 Å². The van der Waals surface area contributed by atoms with E-state index in [-0.39, 0.29) is 91.1 Å². The second-order valence-corrected chi connectivity index (χ2v) is 15.1. The normalized spacial score (nSPS) is 33.2. The number of hydrogen-bond donors (Lipinski definition) is 4. The van der Waals surface area contributed by atoms with E-state index in [1.807, 2.05) is 26.8 Å². The van der Waals surface area contributed by atoms with Crippen molar-refractivity contribution in [2.24, 2.45) is 34.5 Å². The first-order valence-corrected chi connectivity index (χ1v) is 18.1. The topological polar surface area (TPSA) is 226 Å². The number of hydrogen-bond acceptors (Lipinski definition) is 13. The zero-order valence-electron chi connectivity index (χ0n) is 30.1. The average molecular weight is 746 g/mol. The number of aromatic amines is 1. The van der Waals surface area contributed by atoms with Gasteiger partial charge >= 0.3 is 11.9 Å². The number of nitrogen functional groups attached to an aromatic ring is 1. The van der Waals surface area contributed by atoms with Gasteiger partial charge in [0.1, 0.15) is 6.73 Å². The van der Waals surface area contributed by atoms with Crippen molar-refractivity contribution in [2.45, 2.75) is 90.5 Å². The Morgan fingerprint density at radius 1 is 1.17 bits per heavy atom. The first-order chi connectivity index (χ1) is 24.6. The fourth-order valence-electron chi connectivity index (χ4n) is 9.33. The monoisotopic (exact) mass is 745 g/mol. The van der Waals surface area contributed by atoms with Crippen LogP contribution in [0.4, 0.5) is 5.95 Å². The van der Waals surface area contributed by atoms with Crippen LogP contribution in [-0.4, -0.2) is 90.1 Å². The molecule has 16 heteroatoms. The summed E-state index contributed by atoms with van der Waals surface area (Å²) in [5.41, 5.74) is 3.55. The maximum atomic E-state index is 13.9. The first kappa shape index (κ1) is 39.3. The highest BCUT2D eigenvalue weighted by atomic mass is 35.5. The fourth-order valence-corrected chi connectivity index (χ4v) is 9.83. The molecule has 0 radical (unpaired) electrons. The molecule has 3 saturated carbocycles. The molecule has 4 aliphatic carbocycles. The zero-order valence-corrected chi connectivity index (χ0v) is 30.9. The minimum Gasteiger partial charge on any atom is -0.457 e. The first-order valence-electron chi connectivity index (χ1n) is 17.6. The highest BCUT2D eigenvalue weighted by Crippen LogP contribution is 2.69. The number of alkyl halides is 1. The van der Waals surface area contributed by atoms with Crippen molar-refractivity contribution in [3.63, 3.8) is 0 Å². The molecule has 52 heavy (non-hydrogen) atoms. The van der Waals surface area contributed by atoms with E-state index in [0.29, 0.717) is 18.5 Å². The number of nitrogens with one attached hydrogen (secondary N) is 1. The number of carbonyl (C=O) groups excluding carboxylic acids is 4. The van der Waals surface area contributed by atoms with Crippen LogP contribution >= 0.6 is 11.6 Å². The van der Waals surface area contributed by atoms with Crippen LogP contribution in [0.2, 0.25) is 0 Å². The van der Waals surface area contributed by atoms with Gasteiger partial charge in [0.25, 0.3) is 5.56 Å². The lowest BCUT2D eigenvalue weighted by atomic mass is 9.46. The Kier molecular flexibility index (Phi) is 11.5. The standard InChI is InChI=1S/C28H37ClO7.C8H11N5O3/c1-6-22(33)35-14-21(32)28(36-23(34)7-2)15(3)10-18-24-19(29)12-16-11-17(30)8-9-26(16,4)25(24)20(31)13-27(18,28)5;9-8-11-6-5(7(15)12-8)10-3-13(6)4-16-2-1-14/h8-9,11,15,18-20,24-25,31H,6-7,10,12-14H2,1-5H3;3,14H,1-2,4H2,(H3,9,11,12,15)/t15-,18+,19-,20+,24-,25+,26+,27+,28+;/m1./s1. The van der Waals surface area contributed by atoms with E-state index < -0.39 is 46.9 Å². The molecule has 2 heterocycles. The number of H-pyrrole nitrogens is 1. The summed E-state index contributed by atoms with van der Waals surface area (Å²) in [6, 6.07) is 0. The highest BCUT2D eigenvalue weighted by molar-refractivity contribution is 6.21. The molecule has 0 bridgehead atoms. The Morgan fingerprint density at radius 2 is 1.88 bits per heavy atom. The number of fused-ring (bicyclic) bond motifs is 6. The molecule has 0 aromatic carbocycles. The fraction of sp³-hybridized carbons (Fsp3) is 0.639. The lowest BCUT2D eigenvalue weighted by Gasteiger charge is -2.61. The van der Waals surface area contributed by atoms with Crippen molar-refractivity contribution >= 4 is 52.2 Å². The number of esters is 2. The quantitative estimate of drug-likeness (QED) is 0.156. The van der Waals surface area contributed by atoms with Crippen molar-refractivity contribution < 1.29 is 43.6 Å². The summed E-state index contributed by atoms with van der Waals surface area (Å²) in [7, 11) is 0. The van der Waals surface area contributed by atoms with E-state index in [2.05, 4.69) is 15.0 Å². The Bertz CT molecular complexity index is 1840. The molecule has 4 aliphatic rings. The molecular formula is C36H48ClN5O10. The number of halogens is 1. The van der Waals surface area contributed by atoms with E-state index in [4.69, 9.17) is 36.7 Å². The molecule has 0 aliphatic heterocycles. The van der Waals surface area contributed by atoms with Crippen molar-refractivity contribution in [3.05, 3.63) is 40.5 Å². The number of anilines is 1. The minimum absolute atomic E-state index is 0.0291. The number of nitrogens with two attached hydrogens (primary N) is 1. The highest BCUT2D eigenvalue weighted by Gasteiger charge is 2.73. The van der Waals surface area contributed by atoms with Crippen LogP contribution in [0.25, 0.3) is 11.2 Å². The van der Waals surface area contributed by atoms with Crippen LogP contribution < -0.4 is 11.3 Å². The molecule has 0 amide bonds. The molecule has 2 aromatic heterocycles. The van der Waals surface area contributed by atoms with Crippen LogP contribution in [0.3, 0.4) is 0 Å². The summed E-state index contributed by atoms with van der Waals surface area (Å²) in [6.45, 7) is 8.99. The number of imidazole rings is 1. The molecule has 0 saturated heterocycles.